The Bertz CT molecular complexity index is 1830. The predicted molar refractivity (Wildman–Crippen MR) is 175 cm³/mol. The largest absolute Gasteiger partial charge is 0.345 e. The molecule has 2 aromatic heterocycles. The first-order chi connectivity index (χ1) is 20.0. The van der Waals surface area contributed by atoms with Gasteiger partial charge in [-0.1, -0.05) is 123 Å². The summed E-state index contributed by atoms with van der Waals surface area (Å²) in [6.45, 7) is 4.16. The van der Waals surface area contributed by atoms with Gasteiger partial charge in [-0.3, -0.25) is 0 Å². The minimum Gasteiger partial charge on any atom is -0.345 e. The number of aryl methyl sites for hydroxylation is 2. The minimum absolute atomic E-state index is 0.543. The Labute approximate surface area is 256 Å². The number of fused-ring (bicyclic) bond motifs is 2. The third-order valence-corrected chi connectivity index (χ3v) is 9.34. The number of rotatable bonds is 4. The van der Waals surface area contributed by atoms with E-state index in [4.69, 9.17) is 4.98 Å². The van der Waals surface area contributed by atoms with E-state index >= 15 is 0 Å². The predicted octanol–water partition coefficient (Wildman–Crippen LogP) is 9.58. The molecule has 4 nitrogen and oxygen atoms in total. The average molecular weight is 664 g/mol. The van der Waals surface area contributed by atoms with Crippen molar-refractivity contribution in [2.75, 3.05) is 0 Å². The molecule has 5 aromatic carbocycles. The molecular weight excluding hydrogens is 636 g/mol. The van der Waals surface area contributed by atoms with Gasteiger partial charge in [-0.2, -0.15) is 0 Å². The molecule has 0 fully saturated rings. The normalized spacial score (nSPS) is 11.4. The zero-order valence-electron chi connectivity index (χ0n) is 22.7. The van der Waals surface area contributed by atoms with Crippen molar-refractivity contribution in [2.24, 2.45) is 0 Å². The van der Waals surface area contributed by atoms with Gasteiger partial charge in [0.15, 0.2) is 0 Å². The summed E-state index contributed by atoms with van der Waals surface area (Å²) in [7, 11) is 0. The van der Waals surface area contributed by atoms with Gasteiger partial charge >= 0.3 is 0 Å². The van der Waals surface area contributed by atoms with Gasteiger partial charge in [0.25, 0.3) is 0 Å². The number of aromatic nitrogens is 4. The van der Waals surface area contributed by atoms with E-state index in [9.17, 15) is 0 Å². The van der Waals surface area contributed by atoms with E-state index in [-0.39, 0.29) is 0 Å². The molecule has 0 aliphatic heterocycles. The van der Waals surface area contributed by atoms with E-state index in [0.717, 1.165) is 36.6 Å². The second-order valence-corrected chi connectivity index (χ2v) is 11.6. The van der Waals surface area contributed by atoms with Gasteiger partial charge in [0.2, 0.25) is 0 Å². The van der Waals surface area contributed by atoms with Gasteiger partial charge in [0.05, 0.1) is 34.7 Å². The van der Waals surface area contributed by atoms with E-state index in [1.807, 2.05) is 25.4 Å². The van der Waals surface area contributed by atoms with Gasteiger partial charge < -0.3 is 9.55 Å². The maximum atomic E-state index is 4.85. The molecule has 0 radical (unpaired) electrons. The number of H-pyrrole nitrogens is 1. The van der Waals surface area contributed by atoms with E-state index in [1.54, 1.807) is 6.33 Å². The van der Waals surface area contributed by atoms with Crippen LogP contribution in [-0.4, -0.2) is 19.5 Å². The maximum absolute atomic E-state index is 4.85. The molecule has 7 rings (SSSR count). The van der Waals surface area contributed by atoms with Crippen LogP contribution in [0.1, 0.15) is 27.8 Å². The molecule has 0 bridgehead atoms. The first kappa shape index (κ1) is 27.2. The van der Waals surface area contributed by atoms with E-state index in [1.165, 1.54) is 22.3 Å². The quantitative estimate of drug-likeness (QED) is 0.191. The minimum atomic E-state index is -0.543. The lowest BCUT2D eigenvalue weighted by Crippen LogP contribution is -2.37. The summed E-state index contributed by atoms with van der Waals surface area (Å²) in [4.78, 5) is 12.1. The van der Waals surface area contributed by atoms with Crippen LogP contribution in [0.25, 0.3) is 22.1 Å². The van der Waals surface area contributed by atoms with Crippen LogP contribution in [0.2, 0.25) is 0 Å². The van der Waals surface area contributed by atoms with Crippen molar-refractivity contribution < 1.29 is 0 Å². The summed E-state index contributed by atoms with van der Waals surface area (Å²) < 4.78 is 4.50. The summed E-state index contributed by atoms with van der Waals surface area (Å²) in [5.74, 6) is 0. The van der Waals surface area contributed by atoms with Crippen molar-refractivity contribution in [3.05, 3.63) is 165 Å². The monoisotopic (exact) mass is 662 g/mol. The zero-order chi connectivity index (χ0) is 28.4. The van der Waals surface area contributed by atoms with Gasteiger partial charge in [-0.25, -0.2) is 9.97 Å². The van der Waals surface area contributed by atoms with Crippen molar-refractivity contribution in [3.63, 3.8) is 0 Å². The van der Waals surface area contributed by atoms with E-state index in [0.29, 0.717) is 0 Å². The highest BCUT2D eigenvalue weighted by atomic mass is 79.9. The number of aromatic amines is 1. The van der Waals surface area contributed by atoms with Crippen molar-refractivity contribution in [3.8, 4) is 0 Å². The highest BCUT2D eigenvalue weighted by Gasteiger charge is 2.39. The van der Waals surface area contributed by atoms with E-state index < -0.39 is 5.54 Å². The van der Waals surface area contributed by atoms with Crippen LogP contribution >= 0.6 is 31.9 Å². The number of halogens is 2. The van der Waals surface area contributed by atoms with Crippen molar-refractivity contribution in [1.29, 1.82) is 0 Å². The Kier molecular flexibility index (Phi) is 7.61. The first-order valence-corrected chi connectivity index (χ1v) is 15.0. The number of nitrogens with one attached hydrogen (secondary N) is 1. The molecule has 0 atom stereocenters. The number of hydrogen-bond acceptors (Lipinski definition) is 2. The van der Waals surface area contributed by atoms with Crippen LogP contribution < -0.4 is 0 Å². The summed E-state index contributed by atoms with van der Waals surface area (Å²) in [5, 5.41) is 0. The molecule has 0 unspecified atom stereocenters. The molecule has 2 heterocycles. The fourth-order valence-electron chi connectivity index (χ4n) is 5.54. The summed E-state index contributed by atoms with van der Waals surface area (Å²) >= 11 is 7.11. The van der Waals surface area contributed by atoms with Crippen molar-refractivity contribution >= 4 is 53.9 Å². The molecule has 0 aliphatic carbocycles. The smallest absolute Gasteiger partial charge is 0.122 e. The van der Waals surface area contributed by atoms with Crippen molar-refractivity contribution in [1.82, 2.24) is 19.5 Å². The lowest BCUT2D eigenvalue weighted by atomic mass is 9.76. The highest BCUT2D eigenvalue weighted by molar-refractivity contribution is 9.10. The second-order valence-electron chi connectivity index (χ2n) is 9.93. The van der Waals surface area contributed by atoms with Crippen LogP contribution in [0.4, 0.5) is 0 Å². The Morgan fingerprint density at radius 2 is 1.07 bits per heavy atom. The molecule has 0 aliphatic rings. The number of nitrogens with zero attached hydrogens (tertiary/aromatic N) is 3. The van der Waals surface area contributed by atoms with E-state index in [2.05, 4.69) is 156 Å². The third-order valence-electron chi connectivity index (χ3n) is 7.62. The number of imidazole rings is 2. The molecule has 0 spiro atoms. The Morgan fingerprint density at radius 3 is 1.61 bits per heavy atom. The Morgan fingerprint density at radius 1 is 0.585 bits per heavy atom. The van der Waals surface area contributed by atoms with Crippen molar-refractivity contribution in [2.45, 2.75) is 19.4 Å². The highest BCUT2D eigenvalue weighted by Crippen LogP contribution is 2.43. The molecule has 6 heteroatoms. The number of hydrogen-bond donors (Lipinski definition) is 1. The van der Waals surface area contributed by atoms with Crippen LogP contribution in [0.5, 0.6) is 0 Å². The van der Waals surface area contributed by atoms with Gasteiger partial charge in [-0.05, 0) is 65.9 Å². The topological polar surface area (TPSA) is 46.5 Å². The zero-order valence-corrected chi connectivity index (χ0v) is 25.9. The average Bonchev–Trinajstić information content (AvgIpc) is 3.68. The molecular formula is C35H28Br2N4. The van der Waals surface area contributed by atoms with Gasteiger partial charge in [0, 0.05) is 8.95 Å². The third kappa shape index (κ3) is 4.81. The molecule has 202 valence electrons. The molecule has 1 N–H and O–H groups in total. The van der Waals surface area contributed by atoms with Crippen LogP contribution in [0, 0.1) is 13.8 Å². The standard InChI is InChI=1S/C27H21BrN2.C8H7BrN2/c1-20-24(28)17-18-25-26(20)29-19-30(25)27(21-11-5-2-6-12-21,22-13-7-3-8-14-22)23-15-9-4-10-16-23;1-5-6(9)2-3-7-8(5)11-4-10-7/h2-19H,1H3;2-4H,1H3,(H,10,11). The fraction of sp³-hybridized carbons (Fsp3) is 0.0857. The Balaban J connectivity index is 0.000000229. The fourth-order valence-corrected chi connectivity index (χ4v) is 6.18. The summed E-state index contributed by atoms with van der Waals surface area (Å²) in [6.07, 6.45) is 3.70. The van der Waals surface area contributed by atoms with Crippen LogP contribution in [-0.2, 0) is 5.54 Å². The van der Waals surface area contributed by atoms with Gasteiger partial charge in [-0.15, -0.1) is 0 Å². The lowest BCUT2D eigenvalue weighted by molar-refractivity contribution is 0.529. The first-order valence-electron chi connectivity index (χ1n) is 13.4. The summed E-state index contributed by atoms with van der Waals surface area (Å²) in [6, 6.07) is 40.4. The van der Waals surface area contributed by atoms with Crippen LogP contribution in [0.15, 0.2) is 137 Å². The van der Waals surface area contributed by atoms with Gasteiger partial charge in [0.1, 0.15) is 5.54 Å². The molecule has 0 saturated heterocycles. The second kappa shape index (κ2) is 11.5. The van der Waals surface area contributed by atoms with Crippen LogP contribution in [0.3, 0.4) is 0 Å². The number of benzene rings is 5. The SMILES string of the molecule is Cc1c(Br)ccc2[nH]cnc12.Cc1c(Br)ccc2c1ncn2C(c1ccccc1)(c1ccccc1)c1ccccc1. The molecule has 7 aromatic rings. The molecule has 41 heavy (non-hydrogen) atoms. The molecule has 0 amide bonds. The molecule has 0 saturated carbocycles. The Hall–Kier alpha value is -4.00. The summed E-state index contributed by atoms with van der Waals surface area (Å²) in [5.41, 5.74) is 9.62. The lowest BCUT2D eigenvalue weighted by Gasteiger charge is -2.38. The maximum Gasteiger partial charge on any atom is 0.122 e.